The Morgan fingerprint density at radius 3 is 2.61 bits per heavy atom. The van der Waals surface area contributed by atoms with Gasteiger partial charge in [0.1, 0.15) is 11.6 Å². The van der Waals surface area contributed by atoms with Gasteiger partial charge in [-0.15, -0.1) is 0 Å². The van der Waals surface area contributed by atoms with Crippen molar-refractivity contribution in [2.75, 3.05) is 6.61 Å². The van der Waals surface area contributed by atoms with Gasteiger partial charge in [0.15, 0.2) is 6.29 Å². The van der Waals surface area contributed by atoms with Crippen molar-refractivity contribution in [2.24, 2.45) is 5.92 Å². The van der Waals surface area contributed by atoms with Gasteiger partial charge in [-0.05, 0) is 50.5 Å². The van der Waals surface area contributed by atoms with E-state index in [2.05, 4.69) is 15.3 Å². The monoisotopic (exact) mass is 431 g/mol. The zero-order chi connectivity index (χ0) is 22.5. The van der Waals surface area contributed by atoms with E-state index in [0.717, 1.165) is 5.69 Å². The second-order valence-electron chi connectivity index (χ2n) is 7.61. The molecule has 31 heavy (non-hydrogen) atoms. The maximum atomic E-state index is 12.3. The Labute approximate surface area is 177 Å². The summed E-state index contributed by atoms with van der Waals surface area (Å²) in [5, 5.41) is 29.8. The number of ether oxygens (including phenoxy) is 1. The van der Waals surface area contributed by atoms with E-state index < -0.39 is 24.2 Å². The number of carbonyl (C=O) groups is 2. The molecule has 2 aromatic rings. The van der Waals surface area contributed by atoms with Gasteiger partial charge in [0.05, 0.1) is 18.3 Å². The third-order valence-corrected chi connectivity index (χ3v) is 5.14. The summed E-state index contributed by atoms with van der Waals surface area (Å²) in [7, 11) is 0. The molecule has 0 radical (unpaired) electrons. The lowest BCUT2D eigenvalue weighted by Gasteiger charge is -2.19. The van der Waals surface area contributed by atoms with Crippen LogP contribution in [0.1, 0.15) is 40.3 Å². The van der Waals surface area contributed by atoms with Crippen LogP contribution in [0, 0.1) is 12.8 Å². The Kier molecular flexibility index (Phi) is 7.03. The van der Waals surface area contributed by atoms with Crippen molar-refractivity contribution in [3.63, 3.8) is 0 Å². The number of benzene rings is 1. The van der Waals surface area contributed by atoms with Crippen LogP contribution in [0.4, 0.5) is 0 Å². The van der Waals surface area contributed by atoms with Crippen LogP contribution >= 0.6 is 0 Å². The highest BCUT2D eigenvalue weighted by atomic mass is 16.5. The predicted octanol–water partition coefficient (Wildman–Crippen LogP) is 0.146. The summed E-state index contributed by atoms with van der Waals surface area (Å²) in [6.07, 6.45) is -1.02. The Balaban J connectivity index is 1.53. The molecule has 3 rings (SSSR count). The molecule has 166 valence electrons. The molecule has 0 saturated carbocycles. The van der Waals surface area contributed by atoms with E-state index in [-0.39, 0.29) is 29.9 Å². The van der Waals surface area contributed by atoms with Crippen LogP contribution in [0.3, 0.4) is 0 Å². The first-order chi connectivity index (χ1) is 14.7. The van der Waals surface area contributed by atoms with Crippen molar-refractivity contribution >= 4 is 11.9 Å². The summed E-state index contributed by atoms with van der Waals surface area (Å²) in [5.41, 5.74) is 1.68. The van der Waals surface area contributed by atoms with Gasteiger partial charge in [-0.3, -0.25) is 14.4 Å². The number of carboxylic acid groups (broad SMARTS) is 1. The molecule has 2 atom stereocenters. The minimum atomic E-state index is -1.87. The summed E-state index contributed by atoms with van der Waals surface area (Å²) in [4.78, 5) is 42.1. The summed E-state index contributed by atoms with van der Waals surface area (Å²) >= 11 is 0. The molecule has 0 bridgehead atoms. The second kappa shape index (κ2) is 9.71. The van der Waals surface area contributed by atoms with Crippen LogP contribution in [0.25, 0.3) is 0 Å². The van der Waals surface area contributed by atoms with Crippen molar-refractivity contribution in [3.05, 3.63) is 57.3 Å². The average molecular weight is 431 g/mol. The standard InChI is InChI=1S/C21H25N3O7/c1-11-22-17-9-12(8-15(17)20(28)23-11)10-31-14-4-2-13(3-5-14)19(27)24-16(21(29)30)6-7-18(25)26/h2-5,12,16,21,29-30H,6-10H2,1H3,(H,24,27)(H,25,26)(H,22,23,28)/t12?,16-/m0/s1. The van der Waals surface area contributed by atoms with Crippen molar-refractivity contribution < 1.29 is 29.6 Å². The number of fused-ring (bicyclic) bond motifs is 1. The first-order valence-electron chi connectivity index (χ1n) is 9.93. The summed E-state index contributed by atoms with van der Waals surface area (Å²) < 4.78 is 5.79. The predicted molar refractivity (Wildman–Crippen MR) is 109 cm³/mol. The summed E-state index contributed by atoms with van der Waals surface area (Å²) in [6.45, 7) is 2.15. The zero-order valence-electron chi connectivity index (χ0n) is 17.0. The molecule has 1 aliphatic rings. The van der Waals surface area contributed by atoms with Gasteiger partial charge in [-0.2, -0.15) is 0 Å². The number of carboxylic acids is 1. The molecule has 1 aromatic heterocycles. The lowest BCUT2D eigenvalue weighted by atomic mass is 10.1. The van der Waals surface area contributed by atoms with Crippen LogP contribution in [-0.2, 0) is 17.6 Å². The molecule has 1 aliphatic carbocycles. The number of nitrogens with zero attached hydrogens (tertiary/aromatic N) is 1. The number of aliphatic hydroxyl groups excluding tert-OH is 1. The van der Waals surface area contributed by atoms with Gasteiger partial charge in [-0.25, -0.2) is 4.98 Å². The first-order valence-corrected chi connectivity index (χ1v) is 9.93. The first kappa shape index (κ1) is 22.4. The highest BCUT2D eigenvalue weighted by Crippen LogP contribution is 2.24. The van der Waals surface area contributed by atoms with Crippen LogP contribution in [-0.4, -0.2) is 56.1 Å². The highest BCUT2D eigenvalue weighted by molar-refractivity contribution is 5.94. The van der Waals surface area contributed by atoms with Crippen molar-refractivity contribution in [2.45, 2.75) is 44.9 Å². The SMILES string of the molecule is Cc1nc2c(c(=O)[nH]1)CC(COc1ccc(C(=O)N[C@@H](CCC(=O)O)C(O)O)cc1)C2. The number of H-pyrrole nitrogens is 1. The van der Waals surface area contributed by atoms with Gasteiger partial charge in [-0.1, -0.05) is 0 Å². The summed E-state index contributed by atoms with van der Waals surface area (Å²) in [5.74, 6) is -0.369. The zero-order valence-corrected chi connectivity index (χ0v) is 17.0. The molecule has 10 nitrogen and oxygen atoms in total. The smallest absolute Gasteiger partial charge is 0.303 e. The lowest BCUT2D eigenvalue weighted by Crippen LogP contribution is -2.43. The molecule has 1 unspecified atom stereocenters. The average Bonchev–Trinajstić information content (AvgIpc) is 3.12. The van der Waals surface area contributed by atoms with Gasteiger partial charge in [0.2, 0.25) is 0 Å². The Morgan fingerprint density at radius 1 is 1.26 bits per heavy atom. The molecule has 0 saturated heterocycles. The molecule has 0 spiro atoms. The van der Waals surface area contributed by atoms with Crippen LogP contribution in [0.5, 0.6) is 5.75 Å². The molecule has 1 aromatic carbocycles. The number of carbonyl (C=O) groups excluding carboxylic acids is 1. The largest absolute Gasteiger partial charge is 0.493 e. The number of aliphatic carboxylic acids is 1. The maximum absolute atomic E-state index is 12.3. The van der Waals surface area contributed by atoms with E-state index in [1.807, 2.05) is 0 Å². The number of aliphatic hydroxyl groups is 2. The van der Waals surface area contributed by atoms with Crippen molar-refractivity contribution in [1.82, 2.24) is 15.3 Å². The number of nitrogens with one attached hydrogen (secondary N) is 2. The molecular weight excluding hydrogens is 406 g/mol. The fraction of sp³-hybridized carbons (Fsp3) is 0.429. The summed E-state index contributed by atoms with van der Waals surface area (Å²) in [6, 6.07) is 5.20. The Hall–Kier alpha value is -3.24. The minimum Gasteiger partial charge on any atom is -0.493 e. The number of rotatable bonds is 9. The molecular formula is C21H25N3O7. The van der Waals surface area contributed by atoms with Gasteiger partial charge in [0, 0.05) is 23.5 Å². The lowest BCUT2D eigenvalue weighted by molar-refractivity contribution is -0.137. The molecule has 5 N–H and O–H groups in total. The quantitative estimate of drug-likeness (QED) is 0.350. The third kappa shape index (κ3) is 5.89. The minimum absolute atomic E-state index is 0.102. The third-order valence-electron chi connectivity index (χ3n) is 5.14. The fourth-order valence-corrected chi connectivity index (χ4v) is 3.54. The maximum Gasteiger partial charge on any atom is 0.303 e. The number of hydrogen-bond donors (Lipinski definition) is 5. The normalized spacial score (nSPS) is 16.1. The van der Waals surface area contributed by atoms with Gasteiger partial charge >= 0.3 is 5.97 Å². The van der Waals surface area contributed by atoms with E-state index in [1.54, 1.807) is 19.1 Å². The fourth-order valence-electron chi connectivity index (χ4n) is 3.54. The van der Waals surface area contributed by atoms with Gasteiger partial charge < -0.3 is 30.4 Å². The van der Waals surface area contributed by atoms with E-state index in [0.29, 0.717) is 36.6 Å². The molecule has 10 heteroatoms. The molecule has 1 amide bonds. The van der Waals surface area contributed by atoms with E-state index in [1.165, 1.54) is 12.1 Å². The van der Waals surface area contributed by atoms with Crippen LogP contribution < -0.4 is 15.6 Å². The second-order valence-corrected chi connectivity index (χ2v) is 7.61. The van der Waals surface area contributed by atoms with Crippen LogP contribution in [0.2, 0.25) is 0 Å². The number of aromatic amines is 1. The Morgan fingerprint density at radius 2 is 1.97 bits per heavy atom. The number of amides is 1. The number of aromatic nitrogens is 2. The van der Waals surface area contributed by atoms with Gasteiger partial charge in [0.25, 0.3) is 11.5 Å². The highest BCUT2D eigenvalue weighted by Gasteiger charge is 2.26. The van der Waals surface area contributed by atoms with E-state index in [9.17, 15) is 24.6 Å². The topological polar surface area (TPSA) is 162 Å². The van der Waals surface area contributed by atoms with Crippen molar-refractivity contribution in [1.29, 1.82) is 0 Å². The molecule has 0 aliphatic heterocycles. The van der Waals surface area contributed by atoms with E-state index in [4.69, 9.17) is 9.84 Å². The molecule has 1 heterocycles. The van der Waals surface area contributed by atoms with Crippen LogP contribution in [0.15, 0.2) is 29.1 Å². The molecule has 0 fully saturated rings. The number of aryl methyl sites for hydroxylation is 1. The Bertz CT molecular complexity index is 1000. The van der Waals surface area contributed by atoms with Crippen molar-refractivity contribution in [3.8, 4) is 5.75 Å². The van der Waals surface area contributed by atoms with E-state index >= 15 is 0 Å². The number of hydrogen-bond acceptors (Lipinski definition) is 7.